The number of benzene rings is 1. The third-order valence-electron chi connectivity index (χ3n) is 7.60. The molecule has 1 atom stereocenters. The van der Waals surface area contributed by atoms with Crippen molar-refractivity contribution < 1.29 is 9.59 Å². The smallest absolute Gasteiger partial charge is 0.232 e. The predicted molar refractivity (Wildman–Crippen MR) is 128 cm³/mol. The number of fused-ring (bicyclic) bond motifs is 1. The summed E-state index contributed by atoms with van der Waals surface area (Å²) in [6.07, 6.45) is 9.74. The molecule has 1 saturated heterocycles. The van der Waals surface area contributed by atoms with Crippen LogP contribution in [0.1, 0.15) is 80.1 Å². The van der Waals surface area contributed by atoms with E-state index in [0.29, 0.717) is 13.0 Å². The molecule has 3 aliphatic rings. The molecule has 1 aliphatic carbocycles. The number of amides is 2. The SMILES string of the molecule is Cc1nc(C2CCCCN2C(=O)C2CCCCC2)nc2c1CC(=O)N2CCc1ccccc1. The van der Waals surface area contributed by atoms with Crippen LogP contribution in [0, 0.1) is 12.8 Å². The Morgan fingerprint density at radius 3 is 2.55 bits per heavy atom. The minimum absolute atomic E-state index is 0.0798. The van der Waals surface area contributed by atoms with Gasteiger partial charge in [0.1, 0.15) is 5.82 Å². The number of rotatable bonds is 5. The van der Waals surface area contributed by atoms with E-state index < -0.39 is 0 Å². The molecule has 0 N–H and O–H groups in total. The van der Waals surface area contributed by atoms with Crippen molar-refractivity contribution in [3.8, 4) is 0 Å². The van der Waals surface area contributed by atoms with Crippen LogP contribution in [0.4, 0.5) is 5.82 Å². The summed E-state index contributed by atoms with van der Waals surface area (Å²) in [4.78, 5) is 40.0. The second kappa shape index (κ2) is 9.62. The van der Waals surface area contributed by atoms with Gasteiger partial charge in [-0.25, -0.2) is 9.97 Å². The Hall–Kier alpha value is -2.76. The van der Waals surface area contributed by atoms with Crippen molar-refractivity contribution in [2.45, 2.75) is 77.2 Å². The normalized spacial score (nSPS) is 21.4. The number of aromatic nitrogens is 2. The number of hydrogen-bond donors (Lipinski definition) is 0. The van der Waals surface area contributed by atoms with E-state index in [4.69, 9.17) is 9.97 Å². The summed E-state index contributed by atoms with van der Waals surface area (Å²) in [6, 6.07) is 10.2. The predicted octanol–water partition coefficient (Wildman–Crippen LogP) is 4.55. The van der Waals surface area contributed by atoms with Crippen LogP contribution >= 0.6 is 0 Å². The molecule has 3 heterocycles. The first-order valence-corrected chi connectivity index (χ1v) is 12.6. The third kappa shape index (κ3) is 4.53. The molecule has 1 unspecified atom stereocenters. The van der Waals surface area contributed by atoms with Crippen molar-refractivity contribution in [3.05, 3.63) is 53.0 Å². The van der Waals surface area contributed by atoms with E-state index in [0.717, 1.165) is 80.8 Å². The van der Waals surface area contributed by atoms with Crippen molar-refractivity contribution in [1.82, 2.24) is 14.9 Å². The second-order valence-electron chi connectivity index (χ2n) is 9.81. The first-order chi connectivity index (χ1) is 16.1. The van der Waals surface area contributed by atoms with Gasteiger partial charge in [0.25, 0.3) is 0 Å². The van der Waals surface area contributed by atoms with Crippen molar-refractivity contribution in [2.75, 3.05) is 18.0 Å². The van der Waals surface area contributed by atoms with Crippen molar-refractivity contribution in [3.63, 3.8) is 0 Å². The number of piperidine rings is 1. The maximum atomic E-state index is 13.4. The Balaban J connectivity index is 1.40. The van der Waals surface area contributed by atoms with Gasteiger partial charge >= 0.3 is 0 Å². The van der Waals surface area contributed by atoms with E-state index in [1.165, 1.54) is 12.0 Å². The minimum Gasteiger partial charge on any atom is -0.332 e. The summed E-state index contributed by atoms with van der Waals surface area (Å²) in [7, 11) is 0. The maximum absolute atomic E-state index is 13.4. The molecule has 174 valence electrons. The Morgan fingerprint density at radius 2 is 1.76 bits per heavy atom. The zero-order chi connectivity index (χ0) is 22.8. The fourth-order valence-electron chi connectivity index (χ4n) is 5.71. The monoisotopic (exact) mass is 446 g/mol. The number of carbonyl (C=O) groups excluding carboxylic acids is 2. The number of anilines is 1. The second-order valence-corrected chi connectivity index (χ2v) is 9.81. The molecule has 0 radical (unpaired) electrons. The van der Waals surface area contributed by atoms with Crippen molar-refractivity contribution >= 4 is 17.6 Å². The van der Waals surface area contributed by atoms with Crippen LogP contribution in [0.3, 0.4) is 0 Å². The van der Waals surface area contributed by atoms with Gasteiger partial charge in [0.2, 0.25) is 11.8 Å². The first kappa shape index (κ1) is 22.1. The average molecular weight is 447 g/mol. The quantitative estimate of drug-likeness (QED) is 0.676. The highest BCUT2D eigenvalue weighted by Gasteiger charge is 2.37. The molecule has 5 rings (SSSR count). The van der Waals surface area contributed by atoms with E-state index in [-0.39, 0.29) is 23.8 Å². The molecule has 2 fully saturated rings. The maximum Gasteiger partial charge on any atom is 0.232 e. The average Bonchev–Trinajstić information content (AvgIpc) is 3.19. The zero-order valence-electron chi connectivity index (χ0n) is 19.6. The number of nitrogens with zero attached hydrogens (tertiary/aromatic N) is 4. The number of likely N-dealkylation sites (tertiary alicyclic amines) is 1. The fourth-order valence-corrected chi connectivity index (χ4v) is 5.71. The lowest BCUT2D eigenvalue weighted by Crippen LogP contribution is -2.43. The van der Waals surface area contributed by atoms with Gasteiger partial charge in [-0.05, 0) is 51.0 Å². The Bertz CT molecular complexity index is 1020. The van der Waals surface area contributed by atoms with E-state index in [9.17, 15) is 9.59 Å². The van der Waals surface area contributed by atoms with Gasteiger partial charge in [-0.2, -0.15) is 0 Å². The topological polar surface area (TPSA) is 66.4 Å². The van der Waals surface area contributed by atoms with E-state index >= 15 is 0 Å². The molecule has 1 saturated carbocycles. The summed E-state index contributed by atoms with van der Waals surface area (Å²) in [5.74, 6) is 2.01. The van der Waals surface area contributed by atoms with E-state index in [2.05, 4.69) is 17.0 Å². The molecule has 6 nitrogen and oxygen atoms in total. The molecule has 2 aliphatic heterocycles. The van der Waals surface area contributed by atoms with Crippen molar-refractivity contribution in [1.29, 1.82) is 0 Å². The summed E-state index contributed by atoms with van der Waals surface area (Å²) in [6.45, 7) is 3.38. The first-order valence-electron chi connectivity index (χ1n) is 12.6. The van der Waals surface area contributed by atoms with Crippen molar-refractivity contribution in [2.24, 2.45) is 5.92 Å². The van der Waals surface area contributed by atoms with Crippen LogP contribution in [0.15, 0.2) is 30.3 Å². The van der Waals surface area contributed by atoms with Crippen LogP contribution in [-0.4, -0.2) is 39.8 Å². The van der Waals surface area contributed by atoms with Gasteiger partial charge in [-0.1, -0.05) is 49.6 Å². The molecule has 2 aromatic rings. The molecule has 6 heteroatoms. The van der Waals surface area contributed by atoms with Gasteiger partial charge in [0.05, 0.1) is 12.5 Å². The third-order valence-corrected chi connectivity index (χ3v) is 7.60. The molecular formula is C27H34N4O2. The van der Waals surface area contributed by atoms with Crippen LogP contribution < -0.4 is 4.90 Å². The highest BCUT2D eigenvalue weighted by molar-refractivity contribution is 6.00. The van der Waals surface area contributed by atoms with Crippen LogP contribution in [0.2, 0.25) is 0 Å². The molecule has 1 aromatic heterocycles. The number of aryl methyl sites for hydroxylation is 1. The number of carbonyl (C=O) groups is 2. The minimum atomic E-state index is -0.0798. The fraction of sp³-hybridized carbons (Fsp3) is 0.556. The van der Waals surface area contributed by atoms with Gasteiger partial charge in [-0.15, -0.1) is 0 Å². The van der Waals surface area contributed by atoms with Gasteiger partial charge in [-0.3, -0.25) is 14.5 Å². The molecule has 33 heavy (non-hydrogen) atoms. The molecular weight excluding hydrogens is 412 g/mol. The Kier molecular flexibility index (Phi) is 6.43. The van der Waals surface area contributed by atoms with Crippen LogP contribution in [-0.2, 0) is 22.4 Å². The zero-order valence-corrected chi connectivity index (χ0v) is 19.6. The van der Waals surface area contributed by atoms with Gasteiger partial charge in [0, 0.05) is 30.3 Å². The van der Waals surface area contributed by atoms with E-state index in [1.807, 2.05) is 30.0 Å². The summed E-state index contributed by atoms with van der Waals surface area (Å²) in [5, 5.41) is 0. The Labute approximate surface area is 196 Å². The largest absolute Gasteiger partial charge is 0.332 e. The standard InChI is InChI=1S/C27H34N4O2/c1-19-22-18-24(32)31(17-15-20-10-4-2-5-11-20)26(22)29-25(28-19)23-14-8-9-16-30(23)27(33)21-12-6-3-7-13-21/h2,4-5,10-11,21,23H,3,6-9,12-18H2,1H3. The van der Waals surface area contributed by atoms with Gasteiger partial charge in [0.15, 0.2) is 5.82 Å². The number of hydrogen-bond acceptors (Lipinski definition) is 4. The highest BCUT2D eigenvalue weighted by atomic mass is 16.2. The van der Waals surface area contributed by atoms with Crippen LogP contribution in [0.5, 0.6) is 0 Å². The molecule has 0 spiro atoms. The molecule has 2 amide bonds. The van der Waals surface area contributed by atoms with E-state index in [1.54, 1.807) is 0 Å². The van der Waals surface area contributed by atoms with Gasteiger partial charge < -0.3 is 4.90 Å². The summed E-state index contributed by atoms with van der Waals surface area (Å²) < 4.78 is 0. The summed E-state index contributed by atoms with van der Waals surface area (Å²) >= 11 is 0. The lowest BCUT2D eigenvalue weighted by molar-refractivity contribution is -0.140. The Morgan fingerprint density at radius 1 is 1.00 bits per heavy atom. The lowest BCUT2D eigenvalue weighted by atomic mass is 9.87. The van der Waals surface area contributed by atoms with Crippen LogP contribution in [0.25, 0.3) is 0 Å². The lowest BCUT2D eigenvalue weighted by Gasteiger charge is -2.38. The highest BCUT2D eigenvalue weighted by Crippen LogP contribution is 2.36. The summed E-state index contributed by atoms with van der Waals surface area (Å²) in [5.41, 5.74) is 3.03. The molecule has 0 bridgehead atoms. The molecule has 1 aromatic carbocycles.